The minimum atomic E-state index is -0.144. The van der Waals surface area contributed by atoms with Gasteiger partial charge in [0.2, 0.25) is 11.9 Å². The summed E-state index contributed by atoms with van der Waals surface area (Å²) in [7, 11) is 2.16. The lowest BCUT2D eigenvalue weighted by Crippen LogP contribution is -2.44. The van der Waals surface area contributed by atoms with Crippen LogP contribution in [0, 0.1) is 0 Å². The maximum atomic E-state index is 11.7. The van der Waals surface area contributed by atoms with Crippen molar-refractivity contribution in [3.05, 3.63) is 78.6 Å². The normalized spacial score (nSPS) is 14.4. The quantitative estimate of drug-likeness (QED) is 0.386. The lowest BCUT2D eigenvalue weighted by atomic mass is 10.2. The number of fused-ring (bicyclic) bond motifs is 1. The molecule has 0 radical (unpaired) electrons. The zero-order chi connectivity index (χ0) is 24.9. The summed E-state index contributed by atoms with van der Waals surface area (Å²) in [6.45, 7) is 6.62. The number of piperazine rings is 1. The molecule has 5 rings (SSSR count). The van der Waals surface area contributed by atoms with Crippen molar-refractivity contribution in [3.63, 3.8) is 0 Å². The van der Waals surface area contributed by atoms with Gasteiger partial charge in [0.05, 0.1) is 18.1 Å². The third-order valence-corrected chi connectivity index (χ3v) is 6.24. The molecule has 0 unspecified atom stereocenters. The van der Waals surface area contributed by atoms with Crippen molar-refractivity contribution in [2.75, 3.05) is 48.8 Å². The molecule has 0 spiro atoms. The van der Waals surface area contributed by atoms with Gasteiger partial charge in [0.25, 0.3) is 0 Å². The first-order chi connectivity index (χ1) is 17.6. The van der Waals surface area contributed by atoms with Gasteiger partial charge in [0.1, 0.15) is 0 Å². The second-order valence-corrected chi connectivity index (χ2v) is 8.92. The van der Waals surface area contributed by atoms with Crippen LogP contribution in [0.2, 0.25) is 0 Å². The van der Waals surface area contributed by atoms with E-state index in [1.807, 2.05) is 35.9 Å². The average molecular weight is 483 g/mol. The van der Waals surface area contributed by atoms with Crippen molar-refractivity contribution in [2.45, 2.75) is 13.5 Å². The molecule has 9 heteroatoms. The zero-order valence-electron chi connectivity index (χ0n) is 20.6. The van der Waals surface area contributed by atoms with Gasteiger partial charge in [0, 0.05) is 49.4 Å². The first kappa shape index (κ1) is 23.5. The fraction of sp³-hybridized carbons (Fsp3) is 0.259. The minimum absolute atomic E-state index is 0.144. The number of carbonyl (C=O) groups excluding carboxylic acids is 1. The van der Waals surface area contributed by atoms with Crippen LogP contribution in [0.4, 0.5) is 23.0 Å². The van der Waals surface area contributed by atoms with Crippen LogP contribution in [0.5, 0.6) is 0 Å². The number of benzene rings is 2. The van der Waals surface area contributed by atoms with Crippen LogP contribution < -0.4 is 15.5 Å². The Morgan fingerprint density at radius 2 is 1.69 bits per heavy atom. The van der Waals surface area contributed by atoms with Crippen LogP contribution >= 0.6 is 0 Å². The Hall–Kier alpha value is -4.24. The fourth-order valence-corrected chi connectivity index (χ4v) is 4.19. The molecule has 4 aromatic rings. The molecule has 3 heterocycles. The predicted molar refractivity (Wildman–Crippen MR) is 144 cm³/mol. The van der Waals surface area contributed by atoms with Crippen molar-refractivity contribution in [3.8, 4) is 0 Å². The number of amides is 1. The van der Waals surface area contributed by atoms with E-state index in [0.29, 0.717) is 12.5 Å². The van der Waals surface area contributed by atoms with Crippen molar-refractivity contribution >= 4 is 40.0 Å². The number of likely N-dealkylation sites (N-methyl/N-ethyl adjacent to an activating group) is 1. The van der Waals surface area contributed by atoms with Crippen LogP contribution in [0.15, 0.2) is 73.1 Å². The van der Waals surface area contributed by atoms with E-state index >= 15 is 0 Å². The molecule has 1 fully saturated rings. The van der Waals surface area contributed by atoms with Gasteiger partial charge >= 0.3 is 0 Å². The van der Waals surface area contributed by atoms with E-state index in [1.54, 1.807) is 18.5 Å². The number of rotatable bonds is 7. The number of aromatic nitrogens is 4. The topological polar surface area (TPSA) is 91.2 Å². The van der Waals surface area contributed by atoms with E-state index in [2.05, 4.69) is 61.8 Å². The molecule has 2 aromatic carbocycles. The van der Waals surface area contributed by atoms with Crippen LogP contribution in [0.25, 0.3) is 11.0 Å². The molecule has 1 aliphatic rings. The molecule has 1 aliphatic heterocycles. The average Bonchev–Trinajstić information content (AvgIpc) is 3.28. The van der Waals surface area contributed by atoms with E-state index < -0.39 is 0 Å². The zero-order valence-corrected chi connectivity index (χ0v) is 20.6. The van der Waals surface area contributed by atoms with Gasteiger partial charge in [-0.2, -0.15) is 10.1 Å². The predicted octanol–water partition coefficient (Wildman–Crippen LogP) is 3.88. The highest BCUT2D eigenvalue weighted by molar-refractivity contribution is 5.99. The molecule has 184 valence electrons. The van der Waals surface area contributed by atoms with Crippen LogP contribution in [-0.4, -0.2) is 63.8 Å². The summed E-state index contributed by atoms with van der Waals surface area (Å²) in [5, 5.41) is 11.5. The van der Waals surface area contributed by atoms with Crippen LogP contribution in [0.3, 0.4) is 0 Å². The second kappa shape index (κ2) is 10.6. The highest BCUT2D eigenvalue weighted by Gasteiger charge is 2.14. The molecular formula is C27H30N8O. The van der Waals surface area contributed by atoms with Crippen LogP contribution in [0.1, 0.15) is 12.5 Å². The largest absolute Gasteiger partial charge is 0.369 e. The third-order valence-electron chi connectivity index (χ3n) is 6.24. The summed E-state index contributed by atoms with van der Waals surface area (Å²) in [6.07, 6.45) is 6.76. The number of allylic oxidation sites excluding steroid dienone is 1. The van der Waals surface area contributed by atoms with Crippen molar-refractivity contribution in [1.29, 1.82) is 0 Å². The molecule has 36 heavy (non-hydrogen) atoms. The number of anilines is 4. The Balaban J connectivity index is 1.26. The first-order valence-electron chi connectivity index (χ1n) is 12.1. The molecule has 0 saturated carbocycles. The van der Waals surface area contributed by atoms with Crippen LogP contribution in [-0.2, 0) is 11.3 Å². The summed E-state index contributed by atoms with van der Waals surface area (Å²) >= 11 is 0. The summed E-state index contributed by atoms with van der Waals surface area (Å²) in [6, 6.07) is 16.1. The highest BCUT2D eigenvalue weighted by Crippen LogP contribution is 2.22. The van der Waals surface area contributed by atoms with Gasteiger partial charge in [-0.25, -0.2) is 9.67 Å². The Morgan fingerprint density at radius 1 is 0.972 bits per heavy atom. The molecule has 2 aromatic heterocycles. The molecule has 0 aliphatic carbocycles. The Labute approximate surface area is 210 Å². The van der Waals surface area contributed by atoms with E-state index in [-0.39, 0.29) is 5.91 Å². The SMILES string of the molecule is CC=CC(=O)Nc1ccc(Cn2ncc3cnc(Nc4ccc(N5CCN(C)CC5)cc4)nc32)cc1. The summed E-state index contributed by atoms with van der Waals surface area (Å²) in [4.78, 5) is 25.7. The number of hydrogen-bond acceptors (Lipinski definition) is 7. The Morgan fingerprint density at radius 3 is 2.42 bits per heavy atom. The molecular weight excluding hydrogens is 452 g/mol. The minimum Gasteiger partial charge on any atom is -0.369 e. The second-order valence-electron chi connectivity index (χ2n) is 8.92. The van der Waals surface area contributed by atoms with Gasteiger partial charge in [-0.3, -0.25) is 4.79 Å². The lowest BCUT2D eigenvalue weighted by Gasteiger charge is -2.34. The number of nitrogens with one attached hydrogen (secondary N) is 2. The molecule has 0 atom stereocenters. The summed E-state index contributed by atoms with van der Waals surface area (Å²) in [5.41, 5.74) is 4.73. The maximum absolute atomic E-state index is 11.7. The highest BCUT2D eigenvalue weighted by atomic mass is 16.1. The Kier molecular flexibility index (Phi) is 6.90. The van der Waals surface area contributed by atoms with Gasteiger partial charge in [-0.1, -0.05) is 18.2 Å². The van der Waals surface area contributed by atoms with E-state index in [1.165, 1.54) is 11.8 Å². The van der Waals surface area contributed by atoms with E-state index in [0.717, 1.165) is 54.2 Å². The summed E-state index contributed by atoms with van der Waals surface area (Å²) < 4.78 is 1.85. The molecule has 1 amide bonds. The maximum Gasteiger partial charge on any atom is 0.248 e. The first-order valence-corrected chi connectivity index (χ1v) is 12.1. The Bertz CT molecular complexity index is 1350. The van der Waals surface area contributed by atoms with E-state index in [4.69, 9.17) is 4.98 Å². The van der Waals surface area contributed by atoms with Gasteiger partial charge in [0.15, 0.2) is 5.65 Å². The number of carbonyl (C=O) groups is 1. The molecule has 0 bridgehead atoms. The molecule has 9 nitrogen and oxygen atoms in total. The third kappa shape index (κ3) is 5.52. The smallest absolute Gasteiger partial charge is 0.248 e. The van der Waals surface area contributed by atoms with Gasteiger partial charge < -0.3 is 20.4 Å². The van der Waals surface area contributed by atoms with Gasteiger partial charge in [-0.15, -0.1) is 0 Å². The van der Waals surface area contributed by atoms with Gasteiger partial charge in [-0.05, 0) is 62.0 Å². The number of nitrogens with zero attached hydrogens (tertiary/aromatic N) is 6. The lowest BCUT2D eigenvalue weighted by molar-refractivity contribution is -0.111. The monoisotopic (exact) mass is 482 g/mol. The number of hydrogen-bond donors (Lipinski definition) is 2. The van der Waals surface area contributed by atoms with Crippen molar-refractivity contribution in [2.24, 2.45) is 0 Å². The summed E-state index contributed by atoms with van der Waals surface area (Å²) in [5.74, 6) is 0.382. The molecule has 2 N–H and O–H groups in total. The fourth-order valence-electron chi connectivity index (χ4n) is 4.19. The van der Waals surface area contributed by atoms with Crippen molar-refractivity contribution < 1.29 is 4.79 Å². The van der Waals surface area contributed by atoms with E-state index in [9.17, 15) is 4.79 Å². The molecule has 1 saturated heterocycles. The standard InChI is InChI=1S/C27H30N8O/c1-3-4-25(36)30-22-7-5-20(6-8-22)19-35-26-21(18-29-35)17-28-27(32-26)31-23-9-11-24(12-10-23)34-15-13-33(2)14-16-34/h3-12,17-18H,13-16,19H2,1-2H3,(H,30,36)(H,28,31,32). The van der Waals surface area contributed by atoms with Crippen molar-refractivity contribution in [1.82, 2.24) is 24.6 Å².